The van der Waals surface area contributed by atoms with Gasteiger partial charge in [0.2, 0.25) is 0 Å². The monoisotopic (exact) mass is 396 g/mol. The predicted molar refractivity (Wildman–Crippen MR) is 98.7 cm³/mol. The van der Waals surface area contributed by atoms with E-state index < -0.39 is 5.97 Å². The molecular weight excluding hydrogens is 384 g/mol. The van der Waals surface area contributed by atoms with Gasteiger partial charge >= 0.3 is 5.97 Å². The fourth-order valence-electron chi connectivity index (χ4n) is 2.39. The zero-order valence-electron chi connectivity index (χ0n) is 12.9. The van der Waals surface area contributed by atoms with Crippen molar-refractivity contribution in [3.63, 3.8) is 0 Å². The quantitative estimate of drug-likeness (QED) is 0.681. The highest BCUT2D eigenvalue weighted by molar-refractivity contribution is 9.10. The van der Waals surface area contributed by atoms with Gasteiger partial charge in [-0.15, -0.1) is 0 Å². The number of carbonyl (C=O) groups excluding carboxylic acids is 1. The third kappa shape index (κ3) is 3.92. The fraction of sp³-hybridized carbons (Fsp3) is 0. The van der Waals surface area contributed by atoms with Gasteiger partial charge in [-0.1, -0.05) is 30.3 Å². The van der Waals surface area contributed by atoms with Gasteiger partial charge in [0, 0.05) is 16.2 Å². The highest BCUT2D eigenvalue weighted by atomic mass is 79.9. The number of nitrogens with zero attached hydrogens (tertiary/aromatic N) is 1. The molecule has 3 rings (SSSR count). The van der Waals surface area contributed by atoms with E-state index in [9.17, 15) is 14.7 Å². The molecule has 3 aromatic rings. The average molecular weight is 397 g/mol. The molecule has 0 spiro atoms. The molecule has 0 aliphatic carbocycles. The van der Waals surface area contributed by atoms with Crippen LogP contribution in [0.25, 0.3) is 11.1 Å². The molecule has 0 radical (unpaired) electrons. The molecule has 0 atom stereocenters. The first-order chi connectivity index (χ1) is 12.0. The van der Waals surface area contributed by atoms with Gasteiger partial charge in [0.15, 0.2) is 0 Å². The molecule has 124 valence electrons. The van der Waals surface area contributed by atoms with Crippen molar-refractivity contribution in [1.82, 2.24) is 4.98 Å². The van der Waals surface area contributed by atoms with Gasteiger partial charge in [-0.25, -0.2) is 9.78 Å². The van der Waals surface area contributed by atoms with Crippen molar-refractivity contribution in [2.24, 2.45) is 0 Å². The first kappa shape index (κ1) is 16.9. The van der Waals surface area contributed by atoms with E-state index in [1.165, 1.54) is 6.07 Å². The summed E-state index contributed by atoms with van der Waals surface area (Å²) in [6.45, 7) is 0. The molecule has 25 heavy (non-hydrogen) atoms. The third-order valence-electron chi connectivity index (χ3n) is 3.56. The second-order valence-corrected chi connectivity index (χ2v) is 6.16. The van der Waals surface area contributed by atoms with Crippen LogP contribution in [0.15, 0.2) is 71.3 Å². The molecule has 0 saturated heterocycles. The van der Waals surface area contributed by atoms with Crippen molar-refractivity contribution < 1.29 is 14.7 Å². The lowest BCUT2D eigenvalue weighted by Gasteiger charge is -2.09. The molecule has 1 heterocycles. The number of halogens is 1. The van der Waals surface area contributed by atoms with Gasteiger partial charge < -0.3 is 10.4 Å². The van der Waals surface area contributed by atoms with Crippen molar-refractivity contribution in [1.29, 1.82) is 0 Å². The maximum Gasteiger partial charge on any atom is 0.336 e. The van der Waals surface area contributed by atoms with Gasteiger partial charge in [-0.05, 0) is 57.4 Å². The van der Waals surface area contributed by atoms with Gasteiger partial charge in [-0.2, -0.15) is 0 Å². The molecule has 0 saturated carbocycles. The standard InChI is InChI=1S/C19H13BrN2O3/c20-14-8-9-17(21-11-14)22-18(23)13-5-3-4-12(10-13)15-6-1-2-7-16(15)19(24)25/h1-11H,(H,24,25)(H,21,22,23). The minimum atomic E-state index is -1.01. The van der Waals surface area contributed by atoms with Crippen LogP contribution in [0, 0.1) is 0 Å². The van der Waals surface area contributed by atoms with E-state index in [0.717, 1.165) is 4.47 Å². The number of benzene rings is 2. The van der Waals surface area contributed by atoms with Crippen LogP contribution in [-0.4, -0.2) is 22.0 Å². The van der Waals surface area contributed by atoms with Gasteiger partial charge in [0.05, 0.1) is 5.56 Å². The van der Waals surface area contributed by atoms with Crippen molar-refractivity contribution in [3.8, 4) is 11.1 Å². The lowest BCUT2D eigenvalue weighted by Crippen LogP contribution is -2.13. The van der Waals surface area contributed by atoms with Gasteiger partial charge in [0.1, 0.15) is 5.82 Å². The Hall–Kier alpha value is -2.99. The highest BCUT2D eigenvalue weighted by Gasteiger charge is 2.13. The van der Waals surface area contributed by atoms with Crippen LogP contribution in [0.3, 0.4) is 0 Å². The zero-order chi connectivity index (χ0) is 17.8. The Morgan fingerprint density at radius 3 is 2.52 bits per heavy atom. The number of carbonyl (C=O) groups is 2. The van der Waals surface area contributed by atoms with E-state index in [4.69, 9.17) is 0 Å². The summed E-state index contributed by atoms with van der Waals surface area (Å²) in [6.07, 6.45) is 1.59. The number of rotatable bonds is 4. The number of aromatic carboxylic acids is 1. The van der Waals surface area contributed by atoms with Crippen LogP contribution >= 0.6 is 15.9 Å². The van der Waals surface area contributed by atoms with Crippen LogP contribution in [-0.2, 0) is 0 Å². The number of carboxylic acid groups (broad SMARTS) is 1. The summed E-state index contributed by atoms with van der Waals surface area (Å²) in [5.41, 5.74) is 1.83. The molecule has 0 bridgehead atoms. The summed E-state index contributed by atoms with van der Waals surface area (Å²) in [4.78, 5) is 27.9. The Morgan fingerprint density at radius 1 is 1.00 bits per heavy atom. The van der Waals surface area contributed by atoms with Crippen molar-refractivity contribution in [2.75, 3.05) is 5.32 Å². The molecule has 2 N–H and O–H groups in total. The van der Waals surface area contributed by atoms with E-state index in [2.05, 4.69) is 26.2 Å². The molecule has 2 aromatic carbocycles. The summed E-state index contributed by atoms with van der Waals surface area (Å²) in [7, 11) is 0. The largest absolute Gasteiger partial charge is 0.478 e. The van der Waals surface area contributed by atoms with Crippen LogP contribution in [0.5, 0.6) is 0 Å². The number of anilines is 1. The molecule has 0 aliphatic rings. The maximum atomic E-state index is 12.4. The number of nitrogens with one attached hydrogen (secondary N) is 1. The minimum Gasteiger partial charge on any atom is -0.478 e. The molecule has 0 aliphatic heterocycles. The molecule has 6 heteroatoms. The summed E-state index contributed by atoms with van der Waals surface area (Å²) < 4.78 is 0.817. The van der Waals surface area contributed by atoms with Crippen molar-refractivity contribution in [3.05, 3.63) is 82.5 Å². The van der Waals surface area contributed by atoms with Crippen LogP contribution in [0.1, 0.15) is 20.7 Å². The minimum absolute atomic E-state index is 0.189. The topological polar surface area (TPSA) is 79.3 Å². The SMILES string of the molecule is O=C(Nc1ccc(Br)cn1)c1cccc(-c2ccccc2C(=O)O)c1. The van der Waals surface area contributed by atoms with E-state index in [1.54, 1.807) is 60.8 Å². The van der Waals surface area contributed by atoms with Crippen molar-refractivity contribution in [2.45, 2.75) is 0 Å². The number of amides is 1. The molecule has 1 aromatic heterocycles. The summed E-state index contributed by atoms with van der Waals surface area (Å²) in [5.74, 6) is -0.890. The maximum absolute atomic E-state index is 12.4. The molecule has 5 nitrogen and oxygen atoms in total. The number of carboxylic acids is 1. The Labute approximate surface area is 152 Å². The predicted octanol–water partition coefficient (Wildman–Crippen LogP) is 4.46. The second kappa shape index (κ2) is 7.27. The van der Waals surface area contributed by atoms with Gasteiger partial charge in [-0.3, -0.25) is 4.79 Å². The highest BCUT2D eigenvalue weighted by Crippen LogP contribution is 2.25. The van der Waals surface area contributed by atoms with Crippen LogP contribution in [0.2, 0.25) is 0 Å². The fourth-order valence-corrected chi connectivity index (χ4v) is 2.62. The summed E-state index contributed by atoms with van der Waals surface area (Å²) in [5, 5.41) is 12.0. The Bertz CT molecular complexity index is 939. The molecule has 1 amide bonds. The average Bonchev–Trinajstić information content (AvgIpc) is 2.63. The molecule has 0 unspecified atom stereocenters. The Morgan fingerprint density at radius 2 is 1.80 bits per heavy atom. The second-order valence-electron chi connectivity index (χ2n) is 5.25. The number of hydrogen-bond acceptors (Lipinski definition) is 3. The Kier molecular flexibility index (Phi) is 4.90. The van der Waals surface area contributed by atoms with Crippen LogP contribution < -0.4 is 5.32 Å². The number of aromatic nitrogens is 1. The lowest BCUT2D eigenvalue weighted by atomic mass is 9.98. The Balaban J connectivity index is 1.90. The van der Waals surface area contributed by atoms with Crippen molar-refractivity contribution >= 4 is 33.6 Å². The number of pyridine rings is 1. The van der Waals surface area contributed by atoms with Crippen LogP contribution in [0.4, 0.5) is 5.82 Å². The van der Waals surface area contributed by atoms with E-state index in [0.29, 0.717) is 22.5 Å². The lowest BCUT2D eigenvalue weighted by molar-refractivity contribution is 0.0697. The van der Waals surface area contributed by atoms with Gasteiger partial charge in [0.25, 0.3) is 5.91 Å². The smallest absolute Gasteiger partial charge is 0.336 e. The van der Waals surface area contributed by atoms with E-state index >= 15 is 0 Å². The van der Waals surface area contributed by atoms with E-state index in [1.807, 2.05) is 0 Å². The first-order valence-electron chi connectivity index (χ1n) is 7.40. The normalized spacial score (nSPS) is 10.3. The molecular formula is C19H13BrN2O3. The molecule has 0 fully saturated rings. The summed E-state index contributed by atoms with van der Waals surface area (Å²) >= 11 is 3.29. The van der Waals surface area contributed by atoms with E-state index in [-0.39, 0.29) is 11.5 Å². The third-order valence-corrected chi connectivity index (χ3v) is 4.03. The number of hydrogen-bond donors (Lipinski definition) is 2. The zero-order valence-corrected chi connectivity index (χ0v) is 14.5. The first-order valence-corrected chi connectivity index (χ1v) is 8.19. The summed E-state index contributed by atoms with van der Waals surface area (Å²) in [6, 6.07) is 17.0.